The van der Waals surface area contributed by atoms with Gasteiger partial charge in [0.2, 0.25) is 0 Å². The average Bonchev–Trinajstić information content (AvgIpc) is 3.40. The number of rotatable bonds is 8. The van der Waals surface area contributed by atoms with Gasteiger partial charge in [0.05, 0.1) is 34.4 Å². The summed E-state index contributed by atoms with van der Waals surface area (Å²) < 4.78 is 10.4. The van der Waals surface area contributed by atoms with E-state index in [0.29, 0.717) is 23.5 Å². The lowest BCUT2D eigenvalue weighted by atomic mass is 10.1. The average molecular weight is 409 g/mol. The summed E-state index contributed by atoms with van der Waals surface area (Å²) >= 11 is 0. The number of hydrogen-bond donors (Lipinski definition) is 1. The van der Waals surface area contributed by atoms with E-state index in [1.165, 1.54) is 44.3 Å². The van der Waals surface area contributed by atoms with Gasteiger partial charge in [-0.25, -0.2) is 14.6 Å². The number of Topliss-reactive ketones (excluding diaryl/α,β-unsaturated/α-hetero) is 2. The van der Waals surface area contributed by atoms with Crippen LogP contribution in [0.25, 0.3) is 0 Å². The molecule has 3 rings (SSSR count). The number of carbonyl (C=O) groups excluding carboxylic acids is 4. The summed E-state index contributed by atoms with van der Waals surface area (Å²) in [5, 5.41) is 0. The molecule has 0 saturated heterocycles. The molecule has 0 spiro atoms. The molecule has 0 saturated carbocycles. The number of aliphatic imine (C=N–C) groups is 1. The van der Waals surface area contributed by atoms with Gasteiger partial charge in [-0.1, -0.05) is 6.08 Å². The molecule has 2 aromatic rings. The summed E-state index contributed by atoms with van der Waals surface area (Å²) in [6, 6.07) is 5.81. The molecular weight excluding hydrogens is 390 g/mol. The highest BCUT2D eigenvalue weighted by Gasteiger charge is 2.16. The lowest BCUT2D eigenvalue weighted by molar-refractivity contribution is -0.111. The molecule has 1 aliphatic heterocycles. The Morgan fingerprint density at radius 2 is 1.53 bits per heavy atom. The number of nitrogens with one attached hydrogen (secondary N) is 1. The normalized spacial score (nSPS) is 12.7. The van der Waals surface area contributed by atoms with Gasteiger partial charge in [-0.05, 0) is 24.3 Å². The first-order chi connectivity index (χ1) is 14.3. The van der Waals surface area contributed by atoms with Crippen LogP contribution in [0.1, 0.15) is 57.3 Å². The van der Waals surface area contributed by atoms with Crippen LogP contribution in [-0.4, -0.2) is 45.8 Å². The van der Waals surface area contributed by atoms with Gasteiger partial charge in [0, 0.05) is 20.3 Å². The summed E-state index contributed by atoms with van der Waals surface area (Å²) in [6.07, 6.45) is 3.60. The van der Waals surface area contributed by atoms with Crippen LogP contribution in [0.5, 0.6) is 0 Å². The number of aromatic amines is 1. The zero-order chi connectivity index (χ0) is 21.7. The van der Waals surface area contributed by atoms with Gasteiger partial charge in [-0.15, -0.1) is 0 Å². The van der Waals surface area contributed by atoms with E-state index in [1.54, 1.807) is 6.08 Å². The predicted octanol–water partition coefficient (Wildman–Crippen LogP) is 2.44. The Hall–Kier alpha value is -3.88. The van der Waals surface area contributed by atoms with E-state index in [1.807, 2.05) is 0 Å². The van der Waals surface area contributed by atoms with Crippen molar-refractivity contribution in [3.05, 3.63) is 64.9 Å². The number of carbonyl (C=O) groups is 4. The summed E-state index contributed by atoms with van der Waals surface area (Å²) in [7, 11) is 0. The van der Waals surface area contributed by atoms with Gasteiger partial charge >= 0.3 is 11.9 Å². The van der Waals surface area contributed by atoms with Crippen LogP contribution in [0, 0.1) is 0 Å². The maximum absolute atomic E-state index is 12.1. The molecule has 0 bridgehead atoms. The topological polar surface area (TPSA) is 128 Å². The Labute approximate surface area is 171 Å². The van der Waals surface area contributed by atoms with Gasteiger partial charge in [0.1, 0.15) is 13.2 Å². The molecule has 0 unspecified atom stereocenters. The molecule has 0 aliphatic carbocycles. The standard InChI is InChI=1S/C21H19N3O6/c1-12(25)18-8-7-16(23-18)10-29-20(27)14-3-5-15(6-4-14)21(28)30-11-17-9-22-19(24-17)13(2)26/h3-7,9H,8,10-11H2,1-2H3,(H,22,24). The molecule has 1 aliphatic rings. The van der Waals surface area contributed by atoms with Crippen molar-refractivity contribution >= 4 is 29.2 Å². The predicted molar refractivity (Wildman–Crippen MR) is 105 cm³/mol. The number of benzene rings is 1. The number of allylic oxidation sites excluding steroid dienone is 1. The number of aromatic nitrogens is 2. The van der Waals surface area contributed by atoms with Crippen LogP contribution in [-0.2, 0) is 20.9 Å². The molecule has 1 N–H and O–H groups in total. The van der Waals surface area contributed by atoms with Crippen LogP contribution in [0.4, 0.5) is 0 Å². The number of esters is 2. The number of hydrogen-bond acceptors (Lipinski definition) is 8. The van der Waals surface area contributed by atoms with Crippen LogP contribution >= 0.6 is 0 Å². The third kappa shape index (κ3) is 5.13. The quantitative estimate of drug-likeness (QED) is 0.524. The molecule has 9 heteroatoms. The second kappa shape index (κ2) is 9.08. The van der Waals surface area contributed by atoms with Crippen LogP contribution in [0.2, 0.25) is 0 Å². The fourth-order valence-electron chi connectivity index (χ4n) is 2.60. The van der Waals surface area contributed by atoms with E-state index in [2.05, 4.69) is 15.0 Å². The molecule has 0 radical (unpaired) electrons. The van der Waals surface area contributed by atoms with E-state index >= 15 is 0 Å². The van der Waals surface area contributed by atoms with Gasteiger partial charge in [0.15, 0.2) is 17.4 Å². The first-order valence-electron chi connectivity index (χ1n) is 9.10. The van der Waals surface area contributed by atoms with Crippen LogP contribution < -0.4 is 0 Å². The van der Waals surface area contributed by atoms with Crippen molar-refractivity contribution in [2.75, 3.05) is 6.61 Å². The Morgan fingerprint density at radius 1 is 0.933 bits per heavy atom. The number of ether oxygens (including phenoxy) is 2. The van der Waals surface area contributed by atoms with E-state index in [9.17, 15) is 19.2 Å². The van der Waals surface area contributed by atoms with Gasteiger partial charge in [-0.2, -0.15) is 0 Å². The minimum Gasteiger partial charge on any atom is -0.456 e. The smallest absolute Gasteiger partial charge is 0.338 e. The van der Waals surface area contributed by atoms with Crippen molar-refractivity contribution in [3.8, 4) is 0 Å². The first kappa shape index (κ1) is 20.8. The molecule has 1 aromatic heterocycles. The van der Waals surface area contributed by atoms with Gasteiger partial charge < -0.3 is 14.5 Å². The molecular formula is C21H19N3O6. The third-order valence-electron chi connectivity index (χ3n) is 4.24. The van der Waals surface area contributed by atoms with E-state index in [4.69, 9.17) is 9.47 Å². The fraction of sp³-hybridized carbons (Fsp3) is 0.238. The zero-order valence-corrected chi connectivity index (χ0v) is 16.4. The zero-order valence-electron chi connectivity index (χ0n) is 16.4. The molecule has 9 nitrogen and oxygen atoms in total. The highest BCUT2D eigenvalue weighted by molar-refractivity contribution is 6.40. The number of imidazole rings is 1. The summed E-state index contributed by atoms with van der Waals surface area (Å²) in [5.41, 5.74) is 1.98. The van der Waals surface area contributed by atoms with E-state index in [-0.39, 0.29) is 41.7 Å². The van der Waals surface area contributed by atoms with Gasteiger partial charge in [0.25, 0.3) is 0 Å². The maximum atomic E-state index is 12.1. The molecule has 154 valence electrons. The lowest BCUT2D eigenvalue weighted by Gasteiger charge is -2.06. The summed E-state index contributed by atoms with van der Waals surface area (Å²) in [5.74, 6) is -1.29. The minimum absolute atomic E-state index is 0.0359. The lowest BCUT2D eigenvalue weighted by Crippen LogP contribution is -2.09. The molecule has 1 aromatic carbocycles. The van der Waals surface area contributed by atoms with Crippen molar-refractivity contribution in [1.82, 2.24) is 9.97 Å². The Bertz CT molecular complexity index is 1060. The summed E-state index contributed by atoms with van der Waals surface area (Å²) in [4.78, 5) is 57.5. The Balaban J connectivity index is 1.51. The first-order valence-corrected chi connectivity index (χ1v) is 9.10. The van der Waals surface area contributed by atoms with Gasteiger partial charge in [-0.3, -0.25) is 14.6 Å². The third-order valence-corrected chi connectivity index (χ3v) is 4.24. The second-order valence-electron chi connectivity index (χ2n) is 6.56. The maximum Gasteiger partial charge on any atom is 0.338 e. The molecule has 0 fully saturated rings. The molecule has 0 atom stereocenters. The van der Waals surface area contributed by atoms with Crippen molar-refractivity contribution in [3.63, 3.8) is 0 Å². The number of H-pyrrole nitrogens is 1. The molecule has 0 amide bonds. The SMILES string of the molecule is CC(=O)C1=NC(COC(=O)c2ccc(C(=O)OCc3cnc(C(C)=O)[nH]3)cc2)=CC1. The molecule has 2 heterocycles. The summed E-state index contributed by atoms with van der Waals surface area (Å²) in [6.45, 7) is 2.71. The van der Waals surface area contributed by atoms with Crippen LogP contribution in [0.3, 0.4) is 0 Å². The fourth-order valence-corrected chi connectivity index (χ4v) is 2.60. The largest absolute Gasteiger partial charge is 0.456 e. The highest BCUT2D eigenvalue weighted by Crippen LogP contribution is 2.13. The second-order valence-corrected chi connectivity index (χ2v) is 6.56. The number of ketones is 2. The van der Waals surface area contributed by atoms with Crippen molar-refractivity contribution in [2.24, 2.45) is 4.99 Å². The van der Waals surface area contributed by atoms with E-state index < -0.39 is 11.9 Å². The van der Waals surface area contributed by atoms with Crippen molar-refractivity contribution in [1.29, 1.82) is 0 Å². The number of nitrogens with zero attached hydrogens (tertiary/aromatic N) is 2. The minimum atomic E-state index is -0.587. The van der Waals surface area contributed by atoms with Crippen LogP contribution in [0.15, 0.2) is 47.2 Å². The highest BCUT2D eigenvalue weighted by atomic mass is 16.5. The Morgan fingerprint density at radius 3 is 2.03 bits per heavy atom. The molecule has 30 heavy (non-hydrogen) atoms. The van der Waals surface area contributed by atoms with Crippen molar-refractivity contribution in [2.45, 2.75) is 26.9 Å². The van der Waals surface area contributed by atoms with E-state index in [0.717, 1.165) is 0 Å². The van der Waals surface area contributed by atoms with Crippen molar-refractivity contribution < 1.29 is 28.7 Å². The monoisotopic (exact) mass is 409 g/mol. The Kier molecular flexibility index (Phi) is 6.31.